The van der Waals surface area contributed by atoms with Gasteiger partial charge in [-0.15, -0.1) is 0 Å². The van der Waals surface area contributed by atoms with Crippen LogP contribution in [0.3, 0.4) is 0 Å². The van der Waals surface area contributed by atoms with E-state index in [1.807, 2.05) is 0 Å². The molecule has 0 aromatic heterocycles. The average molecular weight is 200 g/mol. The van der Waals surface area contributed by atoms with Crippen molar-refractivity contribution in [1.29, 1.82) is 0 Å². The molecule has 0 aliphatic heterocycles. The summed E-state index contributed by atoms with van der Waals surface area (Å²) in [5.74, 6) is -1.05. The zero-order valence-corrected chi connectivity index (χ0v) is 7.88. The van der Waals surface area contributed by atoms with Crippen LogP contribution < -0.4 is 5.73 Å². The van der Waals surface area contributed by atoms with Gasteiger partial charge in [0.2, 0.25) is 0 Å². The van der Waals surface area contributed by atoms with Gasteiger partial charge in [0.15, 0.2) is 0 Å². The maximum absolute atomic E-state index is 10.6. The monoisotopic (exact) mass is 199 g/mol. The molecule has 70 valence electrons. The highest BCUT2D eigenvalue weighted by atomic mass is 35.5. The minimum atomic E-state index is -1.05. The van der Waals surface area contributed by atoms with Gasteiger partial charge >= 0.3 is 5.97 Å². The van der Waals surface area contributed by atoms with Crippen LogP contribution in [0.5, 0.6) is 0 Å². The molecule has 1 aromatic rings. The summed E-state index contributed by atoms with van der Waals surface area (Å²) >= 11 is 5.81. The molecule has 3 N–H and O–H groups in total. The van der Waals surface area contributed by atoms with E-state index in [1.165, 1.54) is 0 Å². The number of halogens is 1. The Labute approximate surface area is 81.1 Å². The van der Waals surface area contributed by atoms with Crippen molar-refractivity contribution in [2.24, 2.45) is 5.73 Å². The molecule has 1 rings (SSSR count). The fourth-order valence-electron chi connectivity index (χ4n) is 1.09. The summed E-state index contributed by atoms with van der Waals surface area (Å²) in [6, 6.07) is 4.06. The van der Waals surface area contributed by atoms with E-state index in [4.69, 9.17) is 22.4 Å². The lowest BCUT2D eigenvalue weighted by atomic mass is 10.0. The summed E-state index contributed by atoms with van der Waals surface area (Å²) in [5.41, 5.74) is 6.73. The third kappa shape index (κ3) is 1.99. The van der Waals surface area contributed by atoms with Crippen molar-refractivity contribution in [1.82, 2.24) is 0 Å². The number of carbonyl (C=O) groups is 1. The number of hydrogen-bond donors (Lipinski definition) is 2. The van der Waals surface area contributed by atoms with Gasteiger partial charge in [0.1, 0.15) is 6.04 Å². The van der Waals surface area contributed by atoms with Gasteiger partial charge in [0.05, 0.1) is 0 Å². The van der Waals surface area contributed by atoms with E-state index in [0.717, 1.165) is 5.56 Å². The Balaban J connectivity index is 3.15. The lowest BCUT2D eigenvalue weighted by molar-refractivity contribution is -0.138. The predicted octanol–water partition coefficient (Wildman–Crippen LogP) is 1.73. The fraction of sp³-hybridized carbons (Fsp3) is 0.222. The lowest BCUT2D eigenvalue weighted by Crippen LogP contribution is -2.21. The van der Waals surface area contributed by atoms with Gasteiger partial charge in [0.25, 0.3) is 0 Å². The van der Waals surface area contributed by atoms with Gasteiger partial charge in [-0.05, 0) is 24.1 Å². The van der Waals surface area contributed by atoms with E-state index in [0.29, 0.717) is 10.6 Å². The Morgan fingerprint density at radius 2 is 2.23 bits per heavy atom. The van der Waals surface area contributed by atoms with Gasteiger partial charge in [-0.2, -0.15) is 0 Å². The standard InChI is InChI=1S/C9H10ClNO2/c1-5-6(8(11)9(12)13)3-2-4-7(5)10/h2-4,8H,11H2,1H3,(H,12,13)/t8-/m1/s1. The number of nitrogens with two attached hydrogens (primary N) is 1. The second kappa shape index (κ2) is 3.77. The van der Waals surface area contributed by atoms with Crippen molar-refractivity contribution in [2.45, 2.75) is 13.0 Å². The highest BCUT2D eigenvalue weighted by molar-refractivity contribution is 6.31. The molecule has 0 saturated carbocycles. The molecule has 0 amide bonds. The van der Waals surface area contributed by atoms with Crippen LogP contribution >= 0.6 is 11.6 Å². The molecule has 0 spiro atoms. The molecule has 3 nitrogen and oxygen atoms in total. The molecule has 4 heteroatoms. The topological polar surface area (TPSA) is 63.3 Å². The van der Waals surface area contributed by atoms with E-state index in [-0.39, 0.29) is 0 Å². The number of aliphatic carboxylic acids is 1. The Bertz CT molecular complexity index is 338. The van der Waals surface area contributed by atoms with Crippen LogP contribution in [0.15, 0.2) is 18.2 Å². The van der Waals surface area contributed by atoms with E-state index in [1.54, 1.807) is 25.1 Å². The van der Waals surface area contributed by atoms with E-state index in [2.05, 4.69) is 0 Å². The average Bonchev–Trinajstić information content (AvgIpc) is 2.08. The normalized spacial score (nSPS) is 12.5. The van der Waals surface area contributed by atoms with Gasteiger partial charge < -0.3 is 10.8 Å². The minimum Gasteiger partial charge on any atom is -0.480 e. The molecule has 0 fully saturated rings. The summed E-state index contributed by atoms with van der Waals surface area (Å²) in [4.78, 5) is 10.6. The Kier molecular flexibility index (Phi) is 2.90. The lowest BCUT2D eigenvalue weighted by Gasteiger charge is -2.10. The highest BCUT2D eigenvalue weighted by Gasteiger charge is 2.16. The summed E-state index contributed by atoms with van der Waals surface area (Å²) in [6.45, 7) is 1.75. The summed E-state index contributed by atoms with van der Waals surface area (Å²) < 4.78 is 0. The van der Waals surface area contributed by atoms with Crippen molar-refractivity contribution in [3.8, 4) is 0 Å². The summed E-state index contributed by atoms with van der Waals surface area (Å²) in [5, 5.41) is 9.22. The fourth-order valence-corrected chi connectivity index (χ4v) is 1.28. The van der Waals surface area contributed by atoms with Crippen molar-refractivity contribution in [3.05, 3.63) is 34.3 Å². The third-order valence-corrected chi connectivity index (χ3v) is 2.32. The molecule has 0 unspecified atom stereocenters. The SMILES string of the molecule is Cc1c(Cl)cccc1[C@@H](N)C(=O)O. The van der Waals surface area contributed by atoms with E-state index < -0.39 is 12.0 Å². The Morgan fingerprint density at radius 3 is 2.77 bits per heavy atom. The zero-order chi connectivity index (χ0) is 10.0. The van der Waals surface area contributed by atoms with Crippen molar-refractivity contribution in [3.63, 3.8) is 0 Å². The number of benzene rings is 1. The molecule has 0 radical (unpaired) electrons. The second-order valence-corrected chi connectivity index (χ2v) is 3.18. The summed E-state index contributed by atoms with van der Waals surface area (Å²) in [7, 11) is 0. The first-order valence-corrected chi connectivity index (χ1v) is 4.15. The first-order chi connectivity index (χ1) is 6.04. The smallest absolute Gasteiger partial charge is 0.325 e. The quantitative estimate of drug-likeness (QED) is 0.763. The molecular formula is C9H10ClNO2. The largest absolute Gasteiger partial charge is 0.480 e. The molecule has 1 atom stereocenters. The minimum absolute atomic E-state index is 0.536. The van der Waals surface area contributed by atoms with Gasteiger partial charge in [-0.3, -0.25) is 4.79 Å². The number of carboxylic acid groups (broad SMARTS) is 1. The Morgan fingerprint density at radius 1 is 1.62 bits per heavy atom. The van der Waals surface area contributed by atoms with Crippen LogP contribution in [-0.2, 0) is 4.79 Å². The van der Waals surface area contributed by atoms with Crippen LogP contribution in [0.2, 0.25) is 5.02 Å². The molecule has 0 aliphatic rings. The molecule has 13 heavy (non-hydrogen) atoms. The molecule has 1 aromatic carbocycles. The van der Waals surface area contributed by atoms with E-state index >= 15 is 0 Å². The first kappa shape index (κ1) is 10.0. The number of carboxylic acids is 1. The molecule has 0 saturated heterocycles. The summed E-state index contributed by atoms with van der Waals surface area (Å²) in [6.07, 6.45) is 0. The maximum atomic E-state index is 10.6. The Hall–Kier alpha value is -1.06. The van der Waals surface area contributed by atoms with Crippen LogP contribution in [0.1, 0.15) is 17.2 Å². The van der Waals surface area contributed by atoms with Gasteiger partial charge in [-0.1, -0.05) is 23.7 Å². The number of hydrogen-bond acceptors (Lipinski definition) is 2. The highest BCUT2D eigenvalue weighted by Crippen LogP contribution is 2.22. The van der Waals surface area contributed by atoms with Crippen LogP contribution in [0.25, 0.3) is 0 Å². The third-order valence-electron chi connectivity index (χ3n) is 1.91. The van der Waals surface area contributed by atoms with Gasteiger partial charge in [-0.25, -0.2) is 0 Å². The van der Waals surface area contributed by atoms with E-state index in [9.17, 15) is 4.79 Å². The molecule has 0 aliphatic carbocycles. The first-order valence-electron chi connectivity index (χ1n) is 3.77. The van der Waals surface area contributed by atoms with Crippen LogP contribution in [-0.4, -0.2) is 11.1 Å². The zero-order valence-electron chi connectivity index (χ0n) is 7.12. The van der Waals surface area contributed by atoms with Crippen molar-refractivity contribution < 1.29 is 9.90 Å². The molecule has 0 heterocycles. The van der Waals surface area contributed by atoms with Crippen molar-refractivity contribution in [2.75, 3.05) is 0 Å². The van der Waals surface area contributed by atoms with Gasteiger partial charge in [0, 0.05) is 5.02 Å². The molecular weight excluding hydrogens is 190 g/mol. The number of rotatable bonds is 2. The van der Waals surface area contributed by atoms with Crippen molar-refractivity contribution >= 4 is 17.6 Å². The van der Waals surface area contributed by atoms with Crippen LogP contribution in [0, 0.1) is 6.92 Å². The van der Waals surface area contributed by atoms with Crippen LogP contribution in [0.4, 0.5) is 0 Å². The predicted molar refractivity (Wildman–Crippen MR) is 50.8 cm³/mol. The second-order valence-electron chi connectivity index (χ2n) is 2.77. The maximum Gasteiger partial charge on any atom is 0.325 e. The molecule has 0 bridgehead atoms.